The van der Waals surface area contributed by atoms with Crippen LogP contribution in [0.25, 0.3) is 0 Å². The second kappa shape index (κ2) is 13.2. The number of hydrogen-bond donors (Lipinski definition) is 2. The molecule has 2 aromatic rings. The van der Waals surface area contributed by atoms with E-state index in [0.717, 1.165) is 12.1 Å². The fourth-order valence-corrected chi connectivity index (χ4v) is 2.48. The van der Waals surface area contributed by atoms with Crippen molar-refractivity contribution < 1.29 is 71.7 Å². The van der Waals surface area contributed by atoms with Gasteiger partial charge in [-0.15, -0.1) is 0 Å². The molecule has 2 N–H and O–H groups in total. The third-order valence-electron chi connectivity index (χ3n) is 3.68. The molecular weight excluding hydrogens is 483 g/mol. The summed E-state index contributed by atoms with van der Waals surface area (Å²) in [6, 6.07) is 10.1. The first-order valence-corrected chi connectivity index (χ1v) is 10.6. The largest absolute Gasteiger partial charge is 1.00 e. The molecule has 12 nitrogen and oxygen atoms in total. The number of hydrogen-bond acceptors (Lipinski definition) is 9. The average Bonchev–Trinajstić information content (AvgIpc) is 2.71. The average molecular weight is 504 g/mol. The first-order chi connectivity index (χ1) is 15.1. The Labute approximate surface area is 217 Å². The molecule has 0 saturated heterocycles. The quantitative estimate of drug-likeness (QED) is 0.122. The third-order valence-corrected chi connectivity index (χ3v) is 4.53. The molecule has 0 aliphatic rings. The van der Waals surface area contributed by atoms with Crippen molar-refractivity contribution >= 4 is 33.7 Å². The van der Waals surface area contributed by atoms with Crippen LogP contribution in [0.4, 0.5) is 5.69 Å². The number of carbonyl (C=O) groups excluding carboxylic acids is 2. The van der Waals surface area contributed by atoms with E-state index in [1.165, 1.54) is 36.4 Å². The molecule has 0 atom stereocenters. The van der Waals surface area contributed by atoms with Crippen LogP contribution in [-0.2, 0) is 19.7 Å². The summed E-state index contributed by atoms with van der Waals surface area (Å²) in [5, 5.41) is 21.0. The van der Waals surface area contributed by atoms with Crippen LogP contribution < -0.4 is 39.6 Å². The first kappa shape index (κ1) is 31.2. The van der Waals surface area contributed by atoms with E-state index in [9.17, 15) is 37.5 Å². The molecule has 0 radical (unpaired) electrons. The Bertz CT molecular complexity index is 1140. The summed E-state index contributed by atoms with van der Waals surface area (Å²) in [6.07, 6.45) is 0. The zero-order chi connectivity index (χ0) is 25.4. The summed E-state index contributed by atoms with van der Waals surface area (Å²) in [6.45, 7) is 4.52. The summed E-state index contributed by atoms with van der Waals surface area (Å²) in [7, 11) is -4.47. The predicted molar refractivity (Wildman–Crippen MR) is 113 cm³/mol. The van der Waals surface area contributed by atoms with Crippen molar-refractivity contribution in [2.45, 2.75) is 25.7 Å². The normalized spacial score (nSPS) is 10.6. The number of aliphatic carboxylic acids is 1. The number of ether oxygens (including phenoxy) is 1. The molecule has 0 aliphatic carbocycles. The monoisotopic (exact) mass is 504 g/mol. The molecule has 0 bridgehead atoms. The number of carboxylic acid groups (broad SMARTS) is 1. The van der Waals surface area contributed by atoms with Crippen LogP contribution in [-0.4, -0.2) is 47.4 Å². The Hall–Kier alpha value is -2.84. The van der Waals surface area contributed by atoms with Gasteiger partial charge in [0.25, 0.3) is 11.6 Å². The van der Waals surface area contributed by atoms with Crippen LogP contribution in [0.1, 0.15) is 31.1 Å². The second-order valence-corrected chi connectivity index (χ2v) is 8.80. The van der Waals surface area contributed by atoms with Crippen molar-refractivity contribution in [1.82, 2.24) is 5.32 Å². The molecule has 0 unspecified atom stereocenters. The van der Waals surface area contributed by atoms with Crippen LogP contribution in [0.2, 0.25) is 0 Å². The first-order valence-electron chi connectivity index (χ1n) is 9.14. The van der Waals surface area contributed by atoms with Gasteiger partial charge in [0.2, 0.25) is 0 Å². The number of nitro groups is 1. The molecular formula is C20H21N2NaO10S. The van der Waals surface area contributed by atoms with Crippen molar-refractivity contribution in [2.24, 2.45) is 5.41 Å². The van der Waals surface area contributed by atoms with Gasteiger partial charge in [0.1, 0.15) is 28.0 Å². The minimum absolute atomic E-state index is 0. The molecule has 0 aromatic heterocycles. The number of esters is 1. The van der Waals surface area contributed by atoms with E-state index in [1.807, 2.05) is 0 Å². The number of nitro benzene ring substituents is 1. The number of para-hydroxylation sites is 1. The van der Waals surface area contributed by atoms with Gasteiger partial charge in [-0.05, 0) is 51.1 Å². The van der Waals surface area contributed by atoms with Crippen molar-refractivity contribution in [3.63, 3.8) is 0 Å². The molecule has 34 heavy (non-hydrogen) atoms. The second-order valence-electron chi connectivity index (χ2n) is 7.42. The molecule has 1 amide bonds. The summed E-state index contributed by atoms with van der Waals surface area (Å²) >= 11 is 0. The van der Waals surface area contributed by atoms with Crippen molar-refractivity contribution in [2.75, 3.05) is 6.54 Å². The topological polar surface area (TPSA) is 193 Å². The zero-order valence-corrected chi connectivity index (χ0v) is 21.6. The maximum atomic E-state index is 11.5. The maximum Gasteiger partial charge on any atom is 1.00 e. The number of amides is 1. The van der Waals surface area contributed by atoms with E-state index < -0.39 is 44.8 Å². The van der Waals surface area contributed by atoms with Gasteiger partial charge in [-0.25, -0.2) is 8.42 Å². The van der Waals surface area contributed by atoms with Crippen molar-refractivity contribution in [3.8, 4) is 5.75 Å². The molecule has 0 aliphatic heterocycles. The van der Waals surface area contributed by atoms with E-state index in [2.05, 4.69) is 5.32 Å². The SMILES string of the molecule is CC(C)(C)C(=O)Oc1ccc(S(=O)(=O)[O-])cc1.O=C(O)CNC(=O)c1ccccc1[N+](=O)[O-].[Na+]. The van der Waals surface area contributed by atoms with E-state index in [4.69, 9.17) is 9.84 Å². The van der Waals surface area contributed by atoms with Crippen LogP contribution in [0.3, 0.4) is 0 Å². The smallest absolute Gasteiger partial charge is 0.744 e. The molecule has 0 heterocycles. The molecule has 0 fully saturated rings. The molecule has 2 rings (SSSR count). The molecule has 178 valence electrons. The van der Waals surface area contributed by atoms with Gasteiger partial charge in [-0.2, -0.15) is 0 Å². The third kappa shape index (κ3) is 10.4. The van der Waals surface area contributed by atoms with Gasteiger partial charge in [0.15, 0.2) is 0 Å². The molecule has 2 aromatic carbocycles. The Kier molecular flexibility index (Phi) is 12.1. The molecule has 0 saturated carbocycles. The number of benzene rings is 2. The van der Waals surface area contributed by atoms with E-state index in [0.29, 0.717) is 0 Å². The Balaban J connectivity index is 0.000000623. The zero-order valence-electron chi connectivity index (χ0n) is 18.8. The predicted octanol–water partition coefficient (Wildman–Crippen LogP) is -1.04. The van der Waals surface area contributed by atoms with Crippen LogP contribution in [0.5, 0.6) is 5.75 Å². The van der Waals surface area contributed by atoms with Gasteiger partial charge in [0.05, 0.1) is 15.2 Å². The maximum absolute atomic E-state index is 11.5. The number of nitrogens with one attached hydrogen (secondary N) is 1. The number of carbonyl (C=O) groups is 3. The van der Waals surface area contributed by atoms with Crippen molar-refractivity contribution in [3.05, 3.63) is 64.2 Å². The standard InChI is InChI=1S/C11H14O5S.C9H8N2O5.Na/c1-11(2,3)10(12)16-8-4-6-9(7-5-8)17(13,14)15;12-8(13)5-10-9(14)6-3-1-2-4-7(6)11(15)16;/h4-7H,1-3H3,(H,13,14,15);1-4H,5H2,(H,10,14)(H,12,13);/q;;+1/p-1. The summed E-state index contributed by atoms with van der Waals surface area (Å²) in [5.41, 5.74) is -1.16. The summed E-state index contributed by atoms with van der Waals surface area (Å²) in [5.74, 6) is -2.23. The van der Waals surface area contributed by atoms with Gasteiger partial charge in [-0.1, -0.05) is 12.1 Å². The number of rotatable bonds is 6. The minimum atomic E-state index is -4.47. The summed E-state index contributed by atoms with van der Waals surface area (Å²) < 4.78 is 37.0. The molecule has 0 spiro atoms. The van der Waals surface area contributed by atoms with Crippen LogP contribution in [0, 0.1) is 15.5 Å². The van der Waals surface area contributed by atoms with Crippen LogP contribution >= 0.6 is 0 Å². The van der Waals surface area contributed by atoms with E-state index >= 15 is 0 Å². The van der Waals surface area contributed by atoms with Crippen LogP contribution in [0.15, 0.2) is 53.4 Å². The number of carboxylic acids is 1. The van der Waals surface area contributed by atoms with Gasteiger partial charge in [0, 0.05) is 6.07 Å². The van der Waals surface area contributed by atoms with E-state index in [-0.39, 0.29) is 51.5 Å². The Morgan fingerprint density at radius 3 is 2.03 bits per heavy atom. The minimum Gasteiger partial charge on any atom is -0.744 e. The van der Waals surface area contributed by atoms with Crippen molar-refractivity contribution in [1.29, 1.82) is 0 Å². The number of nitrogens with zero attached hydrogens (tertiary/aromatic N) is 1. The van der Waals surface area contributed by atoms with Gasteiger partial charge in [-0.3, -0.25) is 24.5 Å². The Morgan fingerprint density at radius 1 is 1.06 bits per heavy atom. The van der Waals surface area contributed by atoms with Gasteiger partial charge >= 0.3 is 41.5 Å². The van der Waals surface area contributed by atoms with Gasteiger partial charge < -0.3 is 19.7 Å². The summed E-state index contributed by atoms with van der Waals surface area (Å²) in [4.78, 5) is 42.6. The fourth-order valence-electron chi connectivity index (χ4n) is 2.01. The molecule has 14 heteroatoms. The fraction of sp³-hybridized carbons (Fsp3) is 0.250. The van der Waals surface area contributed by atoms with E-state index in [1.54, 1.807) is 20.8 Å². The Morgan fingerprint density at radius 2 is 1.59 bits per heavy atom.